The standard InChI is InChI=1S/C35H42N4O2/c1-27(2)23-38(35(41)36-33-21-11-16-29-15-9-10-20-32(29)33)26-34(40)39(30-17-7-4-8-18-30)25-31-19-12-22-37(31)24-28-13-5-3-6-14-28/h3,5-6,9-16,19-22,27,30H,4,7-8,17-18,23-26H2,1-2H3,(H,36,41). The molecule has 41 heavy (non-hydrogen) atoms. The van der Waals surface area contributed by atoms with Gasteiger partial charge in [-0.25, -0.2) is 4.79 Å². The van der Waals surface area contributed by atoms with Crippen LogP contribution in [0, 0.1) is 5.92 Å². The molecule has 6 heteroatoms. The lowest BCUT2D eigenvalue weighted by atomic mass is 9.94. The molecule has 3 aromatic carbocycles. The summed E-state index contributed by atoms with van der Waals surface area (Å²) in [6.45, 7) is 6.04. The van der Waals surface area contributed by atoms with E-state index >= 15 is 0 Å². The van der Waals surface area contributed by atoms with Gasteiger partial charge in [0.15, 0.2) is 0 Å². The number of carbonyl (C=O) groups is 2. The molecule has 0 radical (unpaired) electrons. The normalized spacial score (nSPS) is 13.8. The van der Waals surface area contributed by atoms with Gasteiger partial charge in [0.2, 0.25) is 5.91 Å². The zero-order valence-electron chi connectivity index (χ0n) is 24.3. The minimum atomic E-state index is -0.237. The number of nitrogens with zero attached hydrogens (tertiary/aromatic N) is 3. The van der Waals surface area contributed by atoms with E-state index in [-0.39, 0.29) is 30.4 Å². The number of carbonyl (C=O) groups excluding carboxylic acids is 2. The largest absolute Gasteiger partial charge is 0.345 e. The summed E-state index contributed by atoms with van der Waals surface area (Å²) in [7, 11) is 0. The maximum Gasteiger partial charge on any atom is 0.322 e. The summed E-state index contributed by atoms with van der Waals surface area (Å²) >= 11 is 0. The third-order valence-corrected chi connectivity index (χ3v) is 8.02. The predicted molar refractivity (Wildman–Crippen MR) is 167 cm³/mol. The quantitative estimate of drug-likeness (QED) is 0.222. The Kier molecular flexibility index (Phi) is 9.40. The molecule has 3 amide bonds. The fraction of sp³-hybridized carbons (Fsp3) is 0.371. The van der Waals surface area contributed by atoms with E-state index < -0.39 is 0 Å². The predicted octanol–water partition coefficient (Wildman–Crippen LogP) is 7.54. The number of anilines is 1. The second-order valence-electron chi connectivity index (χ2n) is 11.7. The second kappa shape index (κ2) is 13.5. The van der Waals surface area contributed by atoms with Crippen LogP contribution in [0.15, 0.2) is 91.1 Å². The molecule has 214 valence electrons. The van der Waals surface area contributed by atoms with Crippen molar-refractivity contribution in [3.8, 4) is 0 Å². The summed E-state index contributed by atoms with van der Waals surface area (Å²) in [5, 5.41) is 5.16. The molecule has 6 nitrogen and oxygen atoms in total. The van der Waals surface area contributed by atoms with Gasteiger partial charge in [0.1, 0.15) is 6.54 Å². The topological polar surface area (TPSA) is 57.6 Å². The van der Waals surface area contributed by atoms with Crippen molar-refractivity contribution < 1.29 is 9.59 Å². The van der Waals surface area contributed by atoms with Crippen LogP contribution in [-0.4, -0.2) is 45.4 Å². The van der Waals surface area contributed by atoms with Crippen molar-refractivity contribution in [3.05, 3.63) is 102 Å². The number of benzene rings is 3. The lowest BCUT2D eigenvalue weighted by Gasteiger charge is -2.36. The van der Waals surface area contributed by atoms with Crippen LogP contribution >= 0.6 is 0 Å². The molecule has 0 atom stereocenters. The summed E-state index contributed by atoms with van der Waals surface area (Å²) in [5.74, 6) is 0.241. The van der Waals surface area contributed by atoms with Crippen LogP contribution < -0.4 is 5.32 Å². The SMILES string of the molecule is CC(C)CN(CC(=O)N(Cc1cccn1Cc1ccccc1)C1CCCCC1)C(=O)Nc1cccc2ccccc12. The van der Waals surface area contributed by atoms with Crippen molar-refractivity contribution in [1.82, 2.24) is 14.4 Å². The molecular weight excluding hydrogens is 508 g/mol. The molecule has 1 fully saturated rings. The fourth-order valence-electron chi connectivity index (χ4n) is 5.96. The van der Waals surface area contributed by atoms with Gasteiger partial charge in [-0.15, -0.1) is 0 Å². The first-order valence-electron chi connectivity index (χ1n) is 15.0. The average molecular weight is 551 g/mol. The second-order valence-corrected chi connectivity index (χ2v) is 11.7. The Hall–Kier alpha value is -4.06. The molecule has 1 aliphatic carbocycles. The highest BCUT2D eigenvalue weighted by molar-refractivity contribution is 6.02. The maximum absolute atomic E-state index is 14.1. The van der Waals surface area contributed by atoms with Crippen molar-refractivity contribution in [2.45, 2.75) is 65.1 Å². The summed E-state index contributed by atoms with van der Waals surface area (Å²) < 4.78 is 2.23. The summed E-state index contributed by atoms with van der Waals surface area (Å²) in [5.41, 5.74) is 3.11. The number of urea groups is 1. The molecule has 0 spiro atoms. The van der Waals surface area contributed by atoms with E-state index in [4.69, 9.17) is 0 Å². The molecule has 4 aromatic rings. The Labute approximate surface area is 244 Å². The molecule has 1 aromatic heterocycles. The lowest BCUT2D eigenvalue weighted by molar-refractivity contribution is -0.135. The van der Waals surface area contributed by atoms with E-state index in [9.17, 15) is 9.59 Å². The van der Waals surface area contributed by atoms with Crippen molar-refractivity contribution >= 4 is 28.4 Å². The van der Waals surface area contributed by atoms with E-state index in [1.54, 1.807) is 4.90 Å². The van der Waals surface area contributed by atoms with Gasteiger partial charge in [-0.3, -0.25) is 4.79 Å². The van der Waals surface area contributed by atoms with Crippen LogP contribution in [-0.2, 0) is 17.9 Å². The Morgan fingerprint density at radius 1 is 0.878 bits per heavy atom. The van der Waals surface area contributed by atoms with Crippen molar-refractivity contribution in [2.75, 3.05) is 18.4 Å². The maximum atomic E-state index is 14.1. The summed E-state index contributed by atoms with van der Waals surface area (Å²) in [6.07, 6.45) is 7.60. The zero-order chi connectivity index (χ0) is 28.6. The highest BCUT2D eigenvalue weighted by atomic mass is 16.2. The first-order valence-corrected chi connectivity index (χ1v) is 15.0. The van der Waals surface area contributed by atoms with E-state index in [2.05, 4.69) is 71.2 Å². The number of rotatable bonds is 10. The molecule has 1 heterocycles. The van der Waals surface area contributed by atoms with Gasteiger partial charge in [-0.05, 0) is 47.9 Å². The molecule has 1 saturated carbocycles. The molecule has 1 aliphatic rings. The molecule has 0 bridgehead atoms. The highest BCUT2D eigenvalue weighted by Gasteiger charge is 2.29. The molecule has 0 saturated heterocycles. The van der Waals surface area contributed by atoms with Gasteiger partial charge in [-0.2, -0.15) is 0 Å². The zero-order valence-corrected chi connectivity index (χ0v) is 24.3. The summed E-state index contributed by atoms with van der Waals surface area (Å²) in [4.78, 5) is 31.5. The third-order valence-electron chi connectivity index (χ3n) is 8.02. The average Bonchev–Trinajstić information content (AvgIpc) is 3.42. The van der Waals surface area contributed by atoms with Crippen molar-refractivity contribution in [3.63, 3.8) is 0 Å². The molecule has 0 aliphatic heterocycles. The Balaban J connectivity index is 1.35. The number of hydrogen-bond donors (Lipinski definition) is 1. The summed E-state index contributed by atoms with van der Waals surface area (Å²) in [6, 6.07) is 28.5. The van der Waals surface area contributed by atoms with Crippen molar-refractivity contribution in [1.29, 1.82) is 0 Å². The minimum Gasteiger partial charge on any atom is -0.345 e. The van der Waals surface area contributed by atoms with Gasteiger partial charge in [-0.1, -0.05) is 99.8 Å². The lowest BCUT2D eigenvalue weighted by Crippen LogP contribution is -2.49. The molecule has 5 rings (SSSR count). The van der Waals surface area contributed by atoms with Crippen LogP contribution in [0.1, 0.15) is 57.2 Å². The van der Waals surface area contributed by atoms with E-state index in [0.717, 1.165) is 54.4 Å². The Bertz CT molecular complexity index is 1430. The van der Waals surface area contributed by atoms with Crippen LogP contribution in [0.2, 0.25) is 0 Å². The van der Waals surface area contributed by atoms with E-state index in [1.807, 2.05) is 48.5 Å². The minimum absolute atomic E-state index is 0.0121. The monoisotopic (exact) mass is 550 g/mol. The van der Waals surface area contributed by atoms with Gasteiger partial charge in [0.25, 0.3) is 0 Å². The van der Waals surface area contributed by atoms with Gasteiger partial charge in [0.05, 0.1) is 12.2 Å². The molecule has 1 N–H and O–H groups in total. The smallest absolute Gasteiger partial charge is 0.322 e. The number of hydrogen-bond acceptors (Lipinski definition) is 2. The van der Waals surface area contributed by atoms with E-state index in [1.165, 1.54) is 12.0 Å². The number of nitrogens with one attached hydrogen (secondary N) is 1. The van der Waals surface area contributed by atoms with Crippen molar-refractivity contribution in [2.24, 2.45) is 5.92 Å². The number of fused-ring (bicyclic) bond motifs is 1. The Morgan fingerprint density at radius 2 is 1.61 bits per heavy atom. The van der Waals surface area contributed by atoms with Gasteiger partial charge in [0, 0.05) is 36.4 Å². The molecular formula is C35H42N4O2. The highest BCUT2D eigenvalue weighted by Crippen LogP contribution is 2.26. The third kappa shape index (κ3) is 7.37. The molecule has 0 unspecified atom stereocenters. The van der Waals surface area contributed by atoms with Crippen LogP contribution in [0.5, 0.6) is 0 Å². The fourth-order valence-corrected chi connectivity index (χ4v) is 5.96. The first-order chi connectivity index (χ1) is 20.0. The number of aromatic nitrogens is 1. The van der Waals surface area contributed by atoms with E-state index in [0.29, 0.717) is 13.1 Å². The van der Waals surface area contributed by atoms with Crippen LogP contribution in [0.4, 0.5) is 10.5 Å². The van der Waals surface area contributed by atoms with Gasteiger partial charge < -0.3 is 19.7 Å². The van der Waals surface area contributed by atoms with Crippen LogP contribution in [0.3, 0.4) is 0 Å². The first kappa shape index (κ1) is 28.5. The van der Waals surface area contributed by atoms with Gasteiger partial charge >= 0.3 is 6.03 Å². The number of amides is 3. The Morgan fingerprint density at radius 3 is 2.39 bits per heavy atom. The van der Waals surface area contributed by atoms with Crippen LogP contribution in [0.25, 0.3) is 10.8 Å².